The van der Waals surface area contributed by atoms with Crippen molar-refractivity contribution in [2.24, 2.45) is 11.7 Å². The van der Waals surface area contributed by atoms with Crippen LogP contribution in [0.4, 0.5) is 13.6 Å². The Labute approximate surface area is 135 Å². The van der Waals surface area contributed by atoms with E-state index >= 15 is 0 Å². The predicted molar refractivity (Wildman–Crippen MR) is 77.9 cm³/mol. The zero-order valence-electron chi connectivity index (χ0n) is 12.3. The molecule has 1 heterocycles. The Morgan fingerprint density at radius 1 is 1.35 bits per heavy atom. The molecule has 0 aliphatic heterocycles. The third kappa shape index (κ3) is 5.81. The summed E-state index contributed by atoms with van der Waals surface area (Å²) in [7, 11) is 0. The van der Waals surface area contributed by atoms with Crippen molar-refractivity contribution in [1.29, 1.82) is 0 Å². The third-order valence-electron chi connectivity index (χ3n) is 2.54. The molecule has 0 saturated heterocycles. The fourth-order valence-electron chi connectivity index (χ4n) is 1.59. The Morgan fingerprint density at radius 3 is 2.52 bits per heavy atom. The van der Waals surface area contributed by atoms with Gasteiger partial charge < -0.3 is 10.5 Å². The number of rotatable bonds is 6. The van der Waals surface area contributed by atoms with Gasteiger partial charge in [-0.2, -0.15) is 8.78 Å². The summed E-state index contributed by atoms with van der Waals surface area (Å²) in [5.74, 6) is -5.14. The molecule has 0 aromatic carbocycles. The van der Waals surface area contributed by atoms with Gasteiger partial charge in [-0.1, -0.05) is 13.8 Å². The van der Waals surface area contributed by atoms with Gasteiger partial charge in [0.1, 0.15) is 5.03 Å². The second kappa shape index (κ2) is 8.42. The highest BCUT2D eigenvalue weighted by Crippen LogP contribution is 2.27. The minimum atomic E-state index is -2.77. The summed E-state index contributed by atoms with van der Waals surface area (Å²) in [6, 6.07) is 1.54. The Balaban J connectivity index is 2.96. The van der Waals surface area contributed by atoms with Gasteiger partial charge in [0, 0.05) is 6.20 Å². The molecule has 126 valence electrons. The Morgan fingerprint density at radius 2 is 2.00 bits per heavy atom. The van der Waals surface area contributed by atoms with E-state index in [1.165, 1.54) is 18.3 Å². The third-order valence-corrected chi connectivity index (χ3v) is 3.26. The van der Waals surface area contributed by atoms with Crippen LogP contribution in [0.5, 0.6) is 0 Å². The smallest absolute Gasteiger partial charge is 0.341 e. The number of halogens is 2. The van der Waals surface area contributed by atoms with Crippen LogP contribution in [-0.4, -0.2) is 34.8 Å². The highest BCUT2D eigenvalue weighted by atomic mass is 32.2. The van der Waals surface area contributed by atoms with Crippen molar-refractivity contribution in [2.75, 3.05) is 0 Å². The Hall–Kier alpha value is -2.23. The monoisotopic (exact) mass is 347 g/mol. The number of hydrogen-bond acceptors (Lipinski definition) is 6. The van der Waals surface area contributed by atoms with E-state index in [1.807, 2.05) is 5.32 Å². The molecule has 7 nitrogen and oxygen atoms in total. The van der Waals surface area contributed by atoms with Gasteiger partial charge in [-0.05, 0) is 29.8 Å². The number of esters is 1. The van der Waals surface area contributed by atoms with Crippen molar-refractivity contribution < 1.29 is 27.9 Å². The normalized spacial score (nSPS) is 12.1. The van der Waals surface area contributed by atoms with Crippen LogP contribution >= 0.6 is 11.8 Å². The molecule has 10 heteroatoms. The van der Waals surface area contributed by atoms with Gasteiger partial charge in [0.2, 0.25) is 0 Å². The number of alkyl halides is 2. The van der Waals surface area contributed by atoms with Crippen molar-refractivity contribution >= 4 is 29.7 Å². The minimum Gasteiger partial charge on any atom is -0.448 e. The maximum atomic E-state index is 12.5. The van der Waals surface area contributed by atoms with E-state index in [2.05, 4.69) is 4.98 Å². The van der Waals surface area contributed by atoms with Crippen LogP contribution in [0.15, 0.2) is 23.4 Å². The molecular formula is C13H15F2N3O4S. The molecule has 0 aliphatic rings. The topological polar surface area (TPSA) is 111 Å². The van der Waals surface area contributed by atoms with E-state index in [-0.39, 0.29) is 22.4 Å². The summed E-state index contributed by atoms with van der Waals surface area (Å²) < 4.78 is 30.0. The van der Waals surface area contributed by atoms with E-state index in [4.69, 9.17) is 10.5 Å². The maximum Gasteiger partial charge on any atom is 0.341 e. The highest BCUT2D eigenvalue weighted by molar-refractivity contribution is 7.99. The molecule has 0 unspecified atom stereocenters. The summed E-state index contributed by atoms with van der Waals surface area (Å²) in [5.41, 5.74) is 4.65. The number of hydrogen-bond donors (Lipinski definition) is 2. The molecule has 0 bridgehead atoms. The lowest BCUT2D eigenvalue weighted by Crippen LogP contribution is -2.45. The van der Waals surface area contributed by atoms with E-state index in [9.17, 15) is 23.2 Å². The molecule has 3 amide bonds. The van der Waals surface area contributed by atoms with Gasteiger partial charge in [-0.3, -0.25) is 10.1 Å². The number of nitrogens with one attached hydrogen (secondary N) is 1. The summed E-state index contributed by atoms with van der Waals surface area (Å²) in [5, 5.41) is 1.59. The van der Waals surface area contributed by atoms with Crippen LogP contribution in [0.3, 0.4) is 0 Å². The van der Waals surface area contributed by atoms with E-state index in [1.54, 1.807) is 13.8 Å². The molecule has 3 N–H and O–H groups in total. The highest BCUT2D eigenvalue weighted by Gasteiger charge is 2.29. The maximum absolute atomic E-state index is 12.5. The molecular weight excluding hydrogens is 332 g/mol. The number of carbonyl (C=O) groups is 3. The van der Waals surface area contributed by atoms with Crippen LogP contribution in [0.25, 0.3) is 0 Å². The fourth-order valence-corrected chi connectivity index (χ4v) is 2.16. The van der Waals surface area contributed by atoms with Gasteiger partial charge in [-0.15, -0.1) is 0 Å². The number of nitrogens with two attached hydrogens (primary N) is 1. The van der Waals surface area contributed by atoms with Gasteiger partial charge in [0.15, 0.2) is 6.10 Å². The molecule has 0 spiro atoms. The molecule has 0 radical (unpaired) electrons. The van der Waals surface area contributed by atoms with E-state index in [0.717, 1.165) is 0 Å². The van der Waals surface area contributed by atoms with Gasteiger partial charge in [0.25, 0.3) is 11.7 Å². The first-order valence-corrected chi connectivity index (χ1v) is 7.31. The number of ether oxygens (including phenoxy) is 1. The first-order valence-electron chi connectivity index (χ1n) is 6.43. The molecule has 1 atom stereocenters. The molecule has 23 heavy (non-hydrogen) atoms. The molecule has 1 rings (SSSR count). The molecule has 0 fully saturated rings. The second-order valence-corrected chi connectivity index (χ2v) is 5.64. The summed E-state index contributed by atoms with van der Waals surface area (Å²) in [4.78, 5) is 38.3. The van der Waals surface area contributed by atoms with Gasteiger partial charge in [0.05, 0.1) is 5.56 Å². The van der Waals surface area contributed by atoms with Gasteiger partial charge >= 0.3 is 12.0 Å². The summed E-state index contributed by atoms with van der Waals surface area (Å²) in [6.45, 7) is 3.16. The Bertz CT molecular complexity index is 598. The number of urea groups is 1. The van der Waals surface area contributed by atoms with Crippen LogP contribution in [0, 0.1) is 5.92 Å². The quantitative estimate of drug-likeness (QED) is 0.599. The summed E-state index contributed by atoms with van der Waals surface area (Å²) in [6.07, 6.45) is -0.0547. The first kappa shape index (κ1) is 18.8. The van der Waals surface area contributed by atoms with Crippen molar-refractivity contribution in [3.63, 3.8) is 0 Å². The largest absolute Gasteiger partial charge is 0.448 e. The lowest BCUT2D eigenvalue weighted by atomic mass is 10.1. The van der Waals surface area contributed by atoms with Crippen LogP contribution in [0.2, 0.25) is 0 Å². The van der Waals surface area contributed by atoms with Crippen LogP contribution in [-0.2, 0) is 9.53 Å². The number of thioether (sulfide) groups is 1. The van der Waals surface area contributed by atoms with Crippen LogP contribution < -0.4 is 11.1 Å². The second-order valence-electron chi connectivity index (χ2n) is 4.66. The van der Waals surface area contributed by atoms with Crippen molar-refractivity contribution in [2.45, 2.75) is 30.7 Å². The number of primary amides is 1. The van der Waals surface area contributed by atoms with Crippen LogP contribution in [0.1, 0.15) is 24.2 Å². The minimum absolute atomic E-state index is 0.0880. The molecule has 0 aliphatic carbocycles. The lowest BCUT2D eigenvalue weighted by Gasteiger charge is -2.20. The number of amides is 3. The average Bonchev–Trinajstić information content (AvgIpc) is 2.43. The fraction of sp³-hybridized carbons (Fsp3) is 0.385. The lowest BCUT2D eigenvalue weighted by molar-refractivity contribution is -0.130. The van der Waals surface area contributed by atoms with E-state index < -0.39 is 35.7 Å². The number of carbonyl (C=O) groups excluding carboxylic acids is 3. The molecule has 1 aromatic rings. The first-order chi connectivity index (χ1) is 10.7. The standard InChI is InChI=1S/C13H15F2N3O4S/c1-6(2)8(9(19)18-13(16)21)22-11(20)7-4-3-5-17-10(7)23-12(14)15/h3-6,8,12H,1-2H3,(H3,16,18,19,21)/t8-/m1/s1. The zero-order chi connectivity index (χ0) is 17.6. The average molecular weight is 347 g/mol. The number of pyridine rings is 1. The predicted octanol–water partition coefficient (Wildman–Crippen LogP) is 1.77. The van der Waals surface area contributed by atoms with Gasteiger partial charge in [-0.25, -0.2) is 14.6 Å². The molecule has 1 aromatic heterocycles. The SMILES string of the molecule is CC(C)[C@@H](OC(=O)c1cccnc1SC(F)F)C(=O)NC(N)=O. The number of imide groups is 1. The number of aromatic nitrogens is 1. The van der Waals surface area contributed by atoms with Crippen molar-refractivity contribution in [1.82, 2.24) is 10.3 Å². The zero-order valence-corrected chi connectivity index (χ0v) is 13.1. The van der Waals surface area contributed by atoms with E-state index in [0.29, 0.717) is 0 Å². The van der Waals surface area contributed by atoms with Crippen molar-refractivity contribution in [3.8, 4) is 0 Å². The summed E-state index contributed by atoms with van der Waals surface area (Å²) >= 11 is 0.0880. The number of nitrogens with zero attached hydrogens (tertiary/aromatic N) is 1. The van der Waals surface area contributed by atoms with Crippen molar-refractivity contribution in [3.05, 3.63) is 23.9 Å². The molecule has 0 saturated carbocycles. The Kier molecular flexibility index (Phi) is 6.89.